The molecule has 1 aliphatic carbocycles. The van der Waals surface area contributed by atoms with Gasteiger partial charge in [0.1, 0.15) is 24.1 Å². The van der Waals surface area contributed by atoms with Crippen molar-refractivity contribution in [2.75, 3.05) is 144 Å². The van der Waals surface area contributed by atoms with Crippen molar-refractivity contribution in [2.24, 2.45) is 15.9 Å². The quantitative estimate of drug-likeness (QED) is 0.0113. The summed E-state index contributed by atoms with van der Waals surface area (Å²) in [5.74, 6) is 7.65. The van der Waals surface area contributed by atoms with Gasteiger partial charge in [-0.15, -0.1) is 11.3 Å². The van der Waals surface area contributed by atoms with Crippen LogP contribution in [0.4, 0.5) is 15.6 Å². The molecule has 1 unspecified atom stereocenters. The number of likely N-dealkylation sites (N-methyl/N-ethyl adjacent to an activating group) is 2. The van der Waals surface area contributed by atoms with Crippen molar-refractivity contribution < 1.29 is 52.3 Å². The minimum Gasteiger partial charge on any atom is -0.494 e. The molecule has 2 heterocycles. The van der Waals surface area contributed by atoms with E-state index >= 15 is 0 Å². The standard InChI is InChI=1S/C63H87N11O11S/c1-7-11-47(8-2)44-66-61(77)60(49-15-24-56(79-5)57(42-49)80-6)74(53-18-19-53)58(75)25-14-48-12-20-54(21-13-48)84-34-10-9-28-71(3)33-37-83-39-38-81-35-26-51(70-64)45-65-27-36-82-40-41-85-55-22-16-50(17-23-55)67-62(78)69-63-68-52(46-86-63)43-59(76)73-31-29-72(4)30-32-73/h7-8,11-13,15-17,20-24,42,45-46,53,60H,1-2,9-10,14,18-19,25-41,43-44,64H2,3-6H3,(H,66,77)(H2,67,68,69,78)/b47-11+,65-45?,70-51-. The number of piperazine rings is 1. The summed E-state index contributed by atoms with van der Waals surface area (Å²) >= 11 is 1.28. The number of aromatic nitrogens is 1. The molecule has 86 heavy (non-hydrogen) atoms. The summed E-state index contributed by atoms with van der Waals surface area (Å²) in [5.41, 5.74) is 4.28. The number of amides is 5. The lowest BCUT2D eigenvalue weighted by Gasteiger charge is -2.32. The molecule has 4 aromatic rings. The van der Waals surface area contributed by atoms with Crippen molar-refractivity contribution in [3.63, 3.8) is 0 Å². The van der Waals surface area contributed by atoms with E-state index in [1.807, 2.05) is 42.3 Å². The van der Waals surface area contributed by atoms with E-state index in [2.05, 4.69) is 61.0 Å². The Bertz CT molecular complexity index is 2840. The van der Waals surface area contributed by atoms with Crippen LogP contribution in [0.5, 0.6) is 23.0 Å². The molecule has 0 bridgehead atoms. The van der Waals surface area contributed by atoms with Crippen molar-refractivity contribution in [3.05, 3.63) is 126 Å². The summed E-state index contributed by atoms with van der Waals surface area (Å²) in [6, 6.07) is 18.9. The number of thiazole rings is 1. The molecular weight excluding hydrogens is 1120 g/mol. The number of anilines is 2. The van der Waals surface area contributed by atoms with Gasteiger partial charge in [0.15, 0.2) is 16.6 Å². The van der Waals surface area contributed by atoms with Gasteiger partial charge < -0.3 is 69.2 Å². The lowest BCUT2D eigenvalue weighted by atomic mass is 10.0. The van der Waals surface area contributed by atoms with Gasteiger partial charge in [-0.2, -0.15) is 5.10 Å². The Kier molecular flexibility index (Phi) is 29.6. The molecule has 0 spiro atoms. The number of nitrogens with two attached hydrogens (primary N) is 1. The molecule has 466 valence electrons. The number of nitrogens with zero attached hydrogens (tertiary/aromatic N) is 7. The first kappa shape index (κ1) is 67.5. The van der Waals surface area contributed by atoms with Crippen molar-refractivity contribution >= 4 is 57.8 Å². The number of aryl methyl sites for hydroxylation is 1. The number of carbonyl (C=O) groups excluding carboxylic acids is 4. The second-order valence-corrected chi connectivity index (χ2v) is 21.5. The number of unbranched alkanes of at least 4 members (excludes halogenated alkanes) is 1. The van der Waals surface area contributed by atoms with Gasteiger partial charge in [-0.05, 0) is 118 Å². The van der Waals surface area contributed by atoms with Gasteiger partial charge in [0.25, 0.3) is 0 Å². The minimum absolute atomic E-state index is 0.0406. The Hall–Kier alpha value is -7.67. The molecule has 1 saturated carbocycles. The van der Waals surface area contributed by atoms with Crippen LogP contribution < -0.4 is 40.7 Å². The van der Waals surface area contributed by atoms with E-state index in [1.54, 1.807) is 85.3 Å². The topological polar surface area (TPSA) is 246 Å². The summed E-state index contributed by atoms with van der Waals surface area (Å²) < 4.78 is 40.0. The van der Waals surface area contributed by atoms with Gasteiger partial charge in [0, 0.05) is 75.4 Å². The predicted octanol–water partition coefficient (Wildman–Crippen LogP) is 7.20. The third-order valence-electron chi connectivity index (χ3n) is 14.1. The first-order chi connectivity index (χ1) is 41.9. The van der Waals surface area contributed by atoms with E-state index in [9.17, 15) is 19.2 Å². The fraction of sp³-hybridized carbons (Fsp3) is 0.476. The highest BCUT2D eigenvalue weighted by atomic mass is 32.1. The minimum atomic E-state index is -0.864. The Labute approximate surface area is 510 Å². The molecule has 2 fully saturated rings. The van der Waals surface area contributed by atoms with Crippen molar-refractivity contribution in [2.45, 2.75) is 63.5 Å². The third-order valence-corrected chi connectivity index (χ3v) is 14.9. The first-order valence-corrected chi connectivity index (χ1v) is 30.1. The van der Waals surface area contributed by atoms with Gasteiger partial charge in [-0.25, -0.2) is 9.78 Å². The van der Waals surface area contributed by atoms with Crippen molar-refractivity contribution in [1.82, 2.24) is 29.9 Å². The van der Waals surface area contributed by atoms with Crippen LogP contribution in [0, 0.1) is 0 Å². The van der Waals surface area contributed by atoms with Crippen LogP contribution in [0.3, 0.4) is 0 Å². The normalized spacial score (nSPS) is 14.2. The maximum absolute atomic E-state index is 14.1. The van der Waals surface area contributed by atoms with Crippen LogP contribution in [0.2, 0.25) is 0 Å². The maximum Gasteiger partial charge on any atom is 0.325 e. The molecule has 5 N–H and O–H groups in total. The summed E-state index contributed by atoms with van der Waals surface area (Å²) in [7, 11) is 7.23. The van der Waals surface area contributed by atoms with E-state index in [4.69, 9.17) is 39.0 Å². The fourth-order valence-electron chi connectivity index (χ4n) is 9.08. The zero-order valence-electron chi connectivity index (χ0n) is 50.4. The Morgan fingerprint density at radius 1 is 0.814 bits per heavy atom. The predicted molar refractivity (Wildman–Crippen MR) is 337 cm³/mol. The maximum atomic E-state index is 14.1. The SMILES string of the molecule is C=C/C=C(\C=C)CNC(=O)C(c1ccc(OC)c(OC)c1)N(C(=O)CCc1ccc(OCCCCN(C)CCOCCOCC/C(C=NCCOCCOc2ccc(NC(=O)Nc3nc(CC(=O)N4CCN(C)CC4)cs3)cc2)=N/N)cc1)C1CC1. The van der Waals surface area contributed by atoms with Crippen molar-refractivity contribution in [1.29, 1.82) is 0 Å². The highest BCUT2D eigenvalue weighted by molar-refractivity contribution is 7.14. The van der Waals surface area contributed by atoms with E-state index in [1.165, 1.54) is 11.3 Å². The summed E-state index contributed by atoms with van der Waals surface area (Å²) in [6.45, 7) is 16.8. The molecule has 1 aliphatic heterocycles. The molecule has 1 atom stereocenters. The highest BCUT2D eigenvalue weighted by Gasteiger charge is 2.41. The molecule has 22 nitrogen and oxygen atoms in total. The van der Waals surface area contributed by atoms with E-state index in [0.29, 0.717) is 130 Å². The number of aliphatic imine (C=N–C) groups is 1. The van der Waals surface area contributed by atoms with Crippen LogP contribution in [0.1, 0.15) is 61.4 Å². The molecule has 3 aromatic carbocycles. The molecule has 2 aliphatic rings. The van der Waals surface area contributed by atoms with Gasteiger partial charge in [-0.3, -0.25) is 24.7 Å². The van der Waals surface area contributed by atoms with Gasteiger partial charge in [-0.1, -0.05) is 49.6 Å². The molecule has 23 heteroatoms. The number of ether oxygens (including phenoxy) is 7. The van der Waals surface area contributed by atoms with E-state index < -0.39 is 12.1 Å². The van der Waals surface area contributed by atoms with Gasteiger partial charge >= 0.3 is 6.03 Å². The zero-order valence-corrected chi connectivity index (χ0v) is 51.2. The average molecular weight is 1210 g/mol. The number of hydrogen-bond acceptors (Lipinski definition) is 18. The van der Waals surface area contributed by atoms with Crippen LogP contribution in [0.15, 0.2) is 119 Å². The molecular formula is C63H87N11O11S. The van der Waals surface area contributed by atoms with Crippen LogP contribution in [0.25, 0.3) is 0 Å². The Balaban J connectivity index is 0.747. The second kappa shape index (κ2) is 37.7. The van der Waals surface area contributed by atoms with Crippen LogP contribution in [-0.4, -0.2) is 200 Å². The summed E-state index contributed by atoms with van der Waals surface area (Å²) in [6.07, 6.45) is 11.7. The number of urea groups is 1. The van der Waals surface area contributed by atoms with Crippen molar-refractivity contribution in [3.8, 4) is 23.0 Å². The van der Waals surface area contributed by atoms with E-state index in [0.717, 1.165) is 68.7 Å². The summed E-state index contributed by atoms with van der Waals surface area (Å²) in [4.78, 5) is 70.1. The monoisotopic (exact) mass is 1210 g/mol. The second-order valence-electron chi connectivity index (χ2n) is 20.7. The molecule has 6 rings (SSSR count). The highest BCUT2D eigenvalue weighted by Crippen LogP contribution is 2.38. The van der Waals surface area contributed by atoms with E-state index in [-0.39, 0.29) is 43.1 Å². The molecule has 1 aromatic heterocycles. The Morgan fingerprint density at radius 3 is 2.21 bits per heavy atom. The molecule has 5 amide bonds. The van der Waals surface area contributed by atoms with Gasteiger partial charge in [0.05, 0.1) is 84.8 Å². The lowest BCUT2D eigenvalue weighted by Crippen LogP contribution is -2.47. The van der Waals surface area contributed by atoms with Crippen LogP contribution in [-0.2, 0) is 41.4 Å². The molecule has 0 radical (unpaired) electrons. The number of hydrogen-bond donors (Lipinski definition) is 4. The smallest absolute Gasteiger partial charge is 0.325 e. The first-order valence-electron chi connectivity index (χ1n) is 29.3. The number of rotatable bonds is 40. The molecule has 1 saturated heterocycles. The number of nitrogens with one attached hydrogen (secondary N) is 3. The third kappa shape index (κ3) is 24.0. The largest absolute Gasteiger partial charge is 0.494 e. The number of hydrazone groups is 1. The fourth-order valence-corrected chi connectivity index (χ4v) is 9.78. The number of benzene rings is 3. The summed E-state index contributed by atoms with van der Waals surface area (Å²) in [5, 5.41) is 14.6. The zero-order chi connectivity index (χ0) is 61.3. The number of allylic oxidation sites excluding steroid dienone is 2. The average Bonchev–Trinajstić information content (AvgIpc) is 2.87. The van der Waals surface area contributed by atoms with Crippen LogP contribution >= 0.6 is 11.3 Å². The number of carbonyl (C=O) groups is 4. The number of methoxy groups -OCH3 is 2. The Morgan fingerprint density at radius 2 is 1.51 bits per heavy atom. The lowest BCUT2D eigenvalue weighted by molar-refractivity contribution is -0.141. The van der Waals surface area contributed by atoms with Gasteiger partial charge in [0.2, 0.25) is 17.7 Å².